The molecule has 0 aliphatic rings. The Morgan fingerprint density at radius 1 is 1.08 bits per heavy atom. The first-order valence-electron chi connectivity index (χ1n) is 8.03. The van der Waals surface area contributed by atoms with Crippen molar-refractivity contribution in [2.24, 2.45) is 0 Å². The maximum absolute atomic E-state index is 5.89. The van der Waals surface area contributed by atoms with Crippen LogP contribution in [0.5, 0.6) is 0 Å². The van der Waals surface area contributed by atoms with Crippen molar-refractivity contribution in [3.05, 3.63) is 64.7 Å². The van der Waals surface area contributed by atoms with E-state index in [1.807, 2.05) is 31.3 Å². The lowest BCUT2D eigenvalue weighted by Gasteiger charge is -2.21. The first-order chi connectivity index (χ1) is 11.6. The van der Waals surface area contributed by atoms with E-state index < -0.39 is 0 Å². The lowest BCUT2D eigenvalue weighted by molar-refractivity contribution is 0.491. The van der Waals surface area contributed by atoms with Gasteiger partial charge in [-0.05, 0) is 54.0 Å². The van der Waals surface area contributed by atoms with Crippen LogP contribution in [0.2, 0.25) is 5.02 Å². The molecule has 0 amide bonds. The maximum atomic E-state index is 5.89. The number of aryl methyl sites for hydroxylation is 1. The Bertz CT molecular complexity index is 641. The van der Waals surface area contributed by atoms with Crippen LogP contribution in [-0.2, 0) is 13.0 Å². The topological polar surface area (TPSA) is 15.3 Å². The maximum Gasteiger partial charge on any atom is 0.169 e. The SMILES string of the molecule is CCc1ccc(CN(C)C(=S)NCCSc2ccc(Cl)cc2)cc1. The van der Waals surface area contributed by atoms with Crippen LogP contribution in [0.4, 0.5) is 0 Å². The number of nitrogens with zero attached hydrogens (tertiary/aromatic N) is 1. The van der Waals surface area contributed by atoms with Crippen molar-refractivity contribution >= 4 is 40.7 Å². The van der Waals surface area contributed by atoms with Gasteiger partial charge in [0.15, 0.2) is 5.11 Å². The fourth-order valence-electron chi connectivity index (χ4n) is 2.22. The highest BCUT2D eigenvalue weighted by atomic mass is 35.5. The lowest BCUT2D eigenvalue weighted by Crippen LogP contribution is -2.37. The zero-order chi connectivity index (χ0) is 17.4. The largest absolute Gasteiger partial charge is 0.362 e. The van der Waals surface area contributed by atoms with Gasteiger partial charge >= 0.3 is 0 Å². The molecule has 0 aromatic heterocycles. The monoisotopic (exact) mass is 378 g/mol. The van der Waals surface area contributed by atoms with Crippen molar-refractivity contribution < 1.29 is 0 Å². The van der Waals surface area contributed by atoms with E-state index in [4.69, 9.17) is 23.8 Å². The minimum Gasteiger partial charge on any atom is -0.362 e. The van der Waals surface area contributed by atoms with Gasteiger partial charge in [-0.2, -0.15) is 0 Å². The zero-order valence-corrected chi connectivity index (χ0v) is 16.5. The Labute approximate surface area is 159 Å². The van der Waals surface area contributed by atoms with Crippen LogP contribution in [0, 0.1) is 0 Å². The van der Waals surface area contributed by atoms with Crippen molar-refractivity contribution in [1.82, 2.24) is 10.2 Å². The summed E-state index contributed by atoms with van der Waals surface area (Å²) in [6.45, 7) is 3.83. The summed E-state index contributed by atoms with van der Waals surface area (Å²) in [5.74, 6) is 0.959. The molecule has 2 rings (SSSR count). The van der Waals surface area contributed by atoms with Crippen molar-refractivity contribution in [1.29, 1.82) is 0 Å². The molecule has 1 N–H and O–H groups in total. The van der Waals surface area contributed by atoms with E-state index in [0.717, 1.165) is 35.4 Å². The van der Waals surface area contributed by atoms with Crippen LogP contribution in [0.1, 0.15) is 18.1 Å². The van der Waals surface area contributed by atoms with Crippen LogP contribution in [0.15, 0.2) is 53.4 Å². The Hall–Kier alpha value is -1.23. The highest BCUT2D eigenvalue weighted by Crippen LogP contribution is 2.19. The van der Waals surface area contributed by atoms with Crippen LogP contribution < -0.4 is 5.32 Å². The third-order valence-corrected chi connectivity index (χ3v) is 5.38. The van der Waals surface area contributed by atoms with Gasteiger partial charge in [-0.25, -0.2) is 0 Å². The van der Waals surface area contributed by atoms with Crippen LogP contribution in [0.25, 0.3) is 0 Å². The molecule has 24 heavy (non-hydrogen) atoms. The highest BCUT2D eigenvalue weighted by molar-refractivity contribution is 7.99. The molecule has 5 heteroatoms. The molecule has 0 atom stereocenters. The van der Waals surface area contributed by atoms with Crippen LogP contribution in [0.3, 0.4) is 0 Å². The fraction of sp³-hybridized carbons (Fsp3) is 0.316. The standard InChI is InChI=1S/C19H23ClN2S2/c1-3-15-4-6-16(7-5-15)14-22(2)19(23)21-12-13-24-18-10-8-17(20)9-11-18/h4-11H,3,12-14H2,1-2H3,(H,21,23). The van der Waals surface area contributed by atoms with Crippen molar-refractivity contribution in [2.45, 2.75) is 24.8 Å². The fourth-order valence-corrected chi connectivity index (χ4v) is 3.28. The van der Waals surface area contributed by atoms with Gasteiger partial charge in [0.2, 0.25) is 0 Å². The minimum absolute atomic E-state index is 0.771. The highest BCUT2D eigenvalue weighted by Gasteiger charge is 2.05. The predicted octanol–water partition coefficient (Wildman–Crippen LogP) is 5.00. The second-order valence-electron chi connectivity index (χ2n) is 5.56. The summed E-state index contributed by atoms with van der Waals surface area (Å²) < 4.78 is 0. The molecular formula is C19H23ClN2S2. The molecule has 0 spiro atoms. The van der Waals surface area contributed by atoms with Gasteiger partial charge in [-0.15, -0.1) is 11.8 Å². The van der Waals surface area contributed by atoms with Crippen molar-refractivity contribution in [3.63, 3.8) is 0 Å². The Balaban J connectivity index is 1.70. The number of benzene rings is 2. The first-order valence-corrected chi connectivity index (χ1v) is 9.81. The Morgan fingerprint density at radius 3 is 2.33 bits per heavy atom. The molecule has 0 aliphatic carbocycles. The second kappa shape index (κ2) is 9.92. The third-order valence-electron chi connectivity index (χ3n) is 3.66. The van der Waals surface area contributed by atoms with Gasteiger partial charge < -0.3 is 10.2 Å². The number of nitrogens with one attached hydrogen (secondary N) is 1. The number of thioether (sulfide) groups is 1. The summed E-state index contributed by atoms with van der Waals surface area (Å²) in [4.78, 5) is 3.29. The number of halogens is 1. The Morgan fingerprint density at radius 2 is 1.71 bits per heavy atom. The molecule has 2 nitrogen and oxygen atoms in total. The summed E-state index contributed by atoms with van der Waals surface area (Å²) in [6.07, 6.45) is 1.07. The molecule has 0 unspecified atom stereocenters. The number of hydrogen-bond donors (Lipinski definition) is 1. The molecule has 0 bridgehead atoms. The van der Waals surface area contributed by atoms with Gasteiger partial charge in [0.25, 0.3) is 0 Å². The van der Waals surface area contributed by atoms with Gasteiger partial charge in [0.1, 0.15) is 0 Å². The van der Waals surface area contributed by atoms with E-state index in [0.29, 0.717) is 0 Å². The van der Waals surface area contributed by atoms with E-state index >= 15 is 0 Å². The second-order valence-corrected chi connectivity index (χ2v) is 7.55. The van der Waals surface area contributed by atoms with E-state index in [-0.39, 0.29) is 0 Å². The summed E-state index contributed by atoms with van der Waals surface area (Å²) in [5.41, 5.74) is 2.63. The van der Waals surface area contributed by atoms with Gasteiger partial charge in [0.05, 0.1) is 0 Å². The average Bonchev–Trinajstić information content (AvgIpc) is 2.60. The molecule has 0 saturated heterocycles. The molecule has 0 aliphatic heterocycles. The molecule has 128 valence electrons. The van der Waals surface area contributed by atoms with Crippen molar-refractivity contribution in [3.8, 4) is 0 Å². The summed E-state index contributed by atoms with van der Waals surface area (Å²) >= 11 is 13.1. The first kappa shape index (κ1) is 19.1. The molecule has 0 radical (unpaired) electrons. The zero-order valence-electron chi connectivity index (χ0n) is 14.1. The Kier molecular flexibility index (Phi) is 7.89. The van der Waals surface area contributed by atoms with E-state index in [1.165, 1.54) is 16.0 Å². The minimum atomic E-state index is 0.771. The lowest BCUT2D eigenvalue weighted by atomic mass is 10.1. The van der Waals surface area contributed by atoms with E-state index in [1.54, 1.807) is 11.8 Å². The predicted molar refractivity (Wildman–Crippen MR) is 110 cm³/mol. The average molecular weight is 379 g/mol. The third kappa shape index (κ3) is 6.34. The molecule has 0 saturated carbocycles. The van der Waals surface area contributed by atoms with Crippen molar-refractivity contribution in [2.75, 3.05) is 19.3 Å². The number of hydrogen-bond acceptors (Lipinski definition) is 2. The van der Waals surface area contributed by atoms with Gasteiger partial charge in [0, 0.05) is 35.8 Å². The smallest absolute Gasteiger partial charge is 0.169 e. The van der Waals surface area contributed by atoms with E-state index in [2.05, 4.69) is 41.4 Å². The molecule has 0 heterocycles. The number of thiocarbonyl (C=S) groups is 1. The van der Waals surface area contributed by atoms with Gasteiger partial charge in [-0.3, -0.25) is 0 Å². The number of rotatable bonds is 7. The van der Waals surface area contributed by atoms with Gasteiger partial charge in [-0.1, -0.05) is 42.8 Å². The quantitative estimate of drug-likeness (QED) is 0.414. The molecule has 2 aromatic carbocycles. The van der Waals surface area contributed by atoms with Crippen LogP contribution >= 0.6 is 35.6 Å². The van der Waals surface area contributed by atoms with E-state index in [9.17, 15) is 0 Å². The summed E-state index contributed by atoms with van der Waals surface area (Å²) in [6, 6.07) is 16.6. The molecular weight excluding hydrogens is 356 g/mol. The normalized spacial score (nSPS) is 10.5. The molecule has 2 aromatic rings. The summed E-state index contributed by atoms with van der Waals surface area (Å²) in [7, 11) is 2.02. The summed E-state index contributed by atoms with van der Waals surface area (Å²) in [5, 5.41) is 4.87. The van der Waals surface area contributed by atoms with Crippen LogP contribution in [-0.4, -0.2) is 29.4 Å². The molecule has 0 fully saturated rings.